The molecule has 0 N–H and O–H groups in total. The monoisotopic (exact) mass is 290 g/mol. The van der Waals surface area contributed by atoms with Gasteiger partial charge in [0.15, 0.2) is 0 Å². The molecule has 0 unspecified atom stereocenters. The van der Waals surface area contributed by atoms with Gasteiger partial charge < -0.3 is 4.74 Å². The number of hydrogen-bond donors (Lipinski definition) is 0. The molecule has 1 rings (SSSR count). The average Bonchev–Trinajstić information content (AvgIpc) is 2.24. The normalized spacial score (nSPS) is 12.5. The Hall–Kier alpha value is -0.740. The summed E-state index contributed by atoms with van der Waals surface area (Å²) in [7, 11) is 3.45. The predicted octanol–water partition coefficient (Wildman–Crippen LogP) is 3.10. The van der Waals surface area contributed by atoms with E-state index in [1.807, 2.05) is 39.0 Å². The van der Waals surface area contributed by atoms with Crippen LogP contribution in [0.1, 0.15) is 31.9 Å². The summed E-state index contributed by atoms with van der Waals surface area (Å²) in [6.45, 7) is 5.77. The first-order valence-corrected chi connectivity index (χ1v) is 8.27. The van der Waals surface area contributed by atoms with E-state index in [9.17, 15) is 8.42 Å². The second-order valence-electron chi connectivity index (χ2n) is 4.95. The number of halogens is 1. The molecule has 0 fully saturated rings. The molecule has 102 valence electrons. The van der Waals surface area contributed by atoms with Crippen LogP contribution < -0.4 is 4.74 Å². The van der Waals surface area contributed by atoms with Crippen LogP contribution in [0.25, 0.3) is 0 Å². The zero-order chi connectivity index (χ0) is 14.0. The van der Waals surface area contributed by atoms with E-state index in [0.717, 1.165) is 23.3 Å². The summed E-state index contributed by atoms with van der Waals surface area (Å²) in [6, 6.07) is 5.75. The average molecular weight is 291 g/mol. The molecule has 0 atom stereocenters. The van der Waals surface area contributed by atoms with Gasteiger partial charge in [0.2, 0.25) is 9.05 Å². The molecule has 0 radical (unpaired) electrons. The standard InChI is InChI=1S/C13H19ClO3S/c1-5-10-8-11(6-7-12(10)17-4)13(2,3)9-18(14,15)16/h6-8H,5,9H2,1-4H3. The first kappa shape index (κ1) is 15.3. The third kappa shape index (κ3) is 3.89. The molecule has 0 aliphatic heterocycles. The molecule has 0 heterocycles. The van der Waals surface area contributed by atoms with Crippen molar-refractivity contribution in [2.45, 2.75) is 32.6 Å². The Morgan fingerprint density at radius 2 is 1.94 bits per heavy atom. The molecule has 0 amide bonds. The molecule has 18 heavy (non-hydrogen) atoms. The van der Waals surface area contributed by atoms with Crippen LogP contribution in [0.2, 0.25) is 0 Å². The second-order valence-corrected chi connectivity index (χ2v) is 7.72. The highest BCUT2D eigenvalue weighted by atomic mass is 35.7. The lowest BCUT2D eigenvalue weighted by Crippen LogP contribution is -2.26. The minimum absolute atomic E-state index is 0.0863. The summed E-state index contributed by atoms with van der Waals surface area (Å²) in [5, 5.41) is 0. The lowest BCUT2D eigenvalue weighted by atomic mass is 9.85. The van der Waals surface area contributed by atoms with E-state index in [2.05, 4.69) is 0 Å². The lowest BCUT2D eigenvalue weighted by Gasteiger charge is -2.24. The van der Waals surface area contributed by atoms with Crippen molar-refractivity contribution in [1.29, 1.82) is 0 Å². The maximum Gasteiger partial charge on any atom is 0.233 e. The van der Waals surface area contributed by atoms with Crippen LogP contribution >= 0.6 is 10.7 Å². The maximum absolute atomic E-state index is 11.2. The van der Waals surface area contributed by atoms with Crippen molar-refractivity contribution in [3.05, 3.63) is 29.3 Å². The molecule has 5 heteroatoms. The smallest absolute Gasteiger partial charge is 0.233 e. The van der Waals surface area contributed by atoms with Crippen molar-refractivity contribution in [3.63, 3.8) is 0 Å². The van der Waals surface area contributed by atoms with Crippen molar-refractivity contribution < 1.29 is 13.2 Å². The van der Waals surface area contributed by atoms with E-state index >= 15 is 0 Å². The first-order valence-electron chi connectivity index (χ1n) is 5.79. The molecule has 0 saturated carbocycles. The van der Waals surface area contributed by atoms with E-state index in [1.54, 1.807) is 7.11 Å². The Morgan fingerprint density at radius 1 is 1.33 bits per heavy atom. The highest BCUT2D eigenvalue weighted by Gasteiger charge is 2.27. The number of methoxy groups -OCH3 is 1. The highest BCUT2D eigenvalue weighted by Crippen LogP contribution is 2.30. The Kier molecular flexibility index (Phi) is 4.67. The van der Waals surface area contributed by atoms with Gasteiger partial charge in [0.05, 0.1) is 12.9 Å². The van der Waals surface area contributed by atoms with Crippen LogP contribution in [0.5, 0.6) is 5.75 Å². The first-order chi connectivity index (χ1) is 8.19. The van der Waals surface area contributed by atoms with Crippen LogP contribution in [0.3, 0.4) is 0 Å². The van der Waals surface area contributed by atoms with Gasteiger partial charge in [-0.15, -0.1) is 0 Å². The molecule has 0 aromatic heterocycles. The van der Waals surface area contributed by atoms with Gasteiger partial charge in [-0.3, -0.25) is 0 Å². The van der Waals surface area contributed by atoms with E-state index < -0.39 is 14.5 Å². The molecule has 0 aliphatic rings. The Balaban J connectivity index is 3.17. The van der Waals surface area contributed by atoms with Gasteiger partial charge in [-0.2, -0.15) is 0 Å². The van der Waals surface area contributed by atoms with Crippen molar-refractivity contribution in [2.75, 3.05) is 12.9 Å². The SMILES string of the molecule is CCc1cc(C(C)(C)CS(=O)(=O)Cl)ccc1OC. The molecular weight excluding hydrogens is 272 g/mol. The Bertz CT molecular complexity index is 521. The van der Waals surface area contributed by atoms with Crippen LogP contribution in [0, 0.1) is 0 Å². The molecule has 0 saturated heterocycles. The van der Waals surface area contributed by atoms with Crippen molar-refractivity contribution in [3.8, 4) is 5.75 Å². The quantitative estimate of drug-likeness (QED) is 0.783. The lowest BCUT2D eigenvalue weighted by molar-refractivity contribution is 0.409. The van der Waals surface area contributed by atoms with Crippen LogP contribution in [0.15, 0.2) is 18.2 Å². The minimum Gasteiger partial charge on any atom is -0.496 e. The molecule has 1 aromatic rings. The maximum atomic E-state index is 11.2. The third-order valence-corrected chi connectivity index (χ3v) is 4.37. The van der Waals surface area contributed by atoms with Crippen LogP contribution in [0.4, 0.5) is 0 Å². The van der Waals surface area contributed by atoms with Gasteiger partial charge >= 0.3 is 0 Å². The molecule has 0 spiro atoms. The zero-order valence-electron chi connectivity index (χ0n) is 11.2. The van der Waals surface area contributed by atoms with Crippen molar-refractivity contribution >= 4 is 19.7 Å². The fraction of sp³-hybridized carbons (Fsp3) is 0.538. The van der Waals surface area contributed by atoms with Crippen LogP contribution in [-0.4, -0.2) is 21.3 Å². The van der Waals surface area contributed by atoms with E-state index in [0.29, 0.717) is 0 Å². The molecule has 0 bridgehead atoms. The number of aryl methyl sites for hydroxylation is 1. The number of rotatable bonds is 5. The van der Waals surface area contributed by atoms with E-state index in [4.69, 9.17) is 15.4 Å². The summed E-state index contributed by atoms with van der Waals surface area (Å²) in [5.74, 6) is 0.739. The number of benzene rings is 1. The number of hydrogen-bond acceptors (Lipinski definition) is 3. The molecule has 0 aliphatic carbocycles. The summed E-state index contributed by atoms with van der Waals surface area (Å²) < 4.78 is 27.7. The fourth-order valence-corrected chi connectivity index (χ4v) is 3.84. The Labute approximate surface area is 114 Å². The van der Waals surface area contributed by atoms with Crippen LogP contribution in [-0.2, 0) is 20.9 Å². The van der Waals surface area contributed by atoms with Gasteiger partial charge in [0.25, 0.3) is 0 Å². The highest BCUT2D eigenvalue weighted by molar-refractivity contribution is 8.13. The van der Waals surface area contributed by atoms with Crippen molar-refractivity contribution in [1.82, 2.24) is 0 Å². The van der Waals surface area contributed by atoms with Gasteiger partial charge in [0, 0.05) is 16.1 Å². The zero-order valence-corrected chi connectivity index (χ0v) is 12.7. The van der Waals surface area contributed by atoms with E-state index in [1.165, 1.54) is 0 Å². The topological polar surface area (TPSA) is 43.4 Å². The van der Waals surface area contributed by atoms with E-state index in [-0.39, 0.29) is 5.75 Å². The number of ether oxygens (including phenoxy) is 1. The minimum atomic E-state index is -3.52. The van der Waals surface area contributed by atoms with Crippen molar-refractivity contribution in [2.24, 2.45) is 0 Å². The molecule has 3 nitrogen and oxygen atoms in total. The summed E-state index contributed by atoms with van der Waals surface area (Å²) in [6.07, 6.45) is 0.834. The summed E-state index contributed by atoms with van der Waals surface area (Å²) in [5.41, 5.74) is 1.50. The summed E-state index contributed by atoms with van der Waals surface area (Å²) >= 11 is 0. The predicted molar refractivity (Wildman–Crippen MR) is 75.0 cm³/mol. The fourth-order valence-electron chi connectivity index (χ4n) is 1.99. The molecule has 1 aromatic carbocycles. The van der Waals surface area contributed by atoms with Gasteiger partial charge in [-0.1, -0.05) is 32.9 Å². The Morgan fingerprint density at radius 3 is 2.39 bits per heavy atom. The molecular formula is C13H19ClO3S. The van der Waals surface area contributed by atoms with Gasteiger partial charge in [0.1, 0.15) is 5.75 Å². The summed E-state index contributed by atoms with van der Waals surface area (Å²) in [4.78, 5) is 0. The largest absolute Gasteiger partial charge is 0.496 e. The van der Waals surface area contributed by atoms with Gasteiger partial charge in [-0.05, 0) is 23.6 Å². The third-order valence-electron chi connectivity index (χ3n) is 2.98. The second kappa shape index (κ2) is 5.49. The van der Waals surface area contributed by atoms with Gasteiger partial charge in [-0.25, -0.2) is 8.42 Å².